The molecule has 0 saturated carbocycles. The van der Waals surface area contributed by atoms with Crippen molar-refractivity contribution in [1.82, 2.24) is 4.57 Å². The van der Waals surface area contributed by atoms with Gasteiger partial charge >= 0.3 is 0 Å². The molecule has 0 radical (unpaired) electrons. The van der Waals surface area contributed by atoms with E-state index < -0.39 is 0 Å². The Morgan fingerprint density at radius 1 is 1.17 bits per heavy atom. The maximum atomic E-state index is 11.8. The minimum Gasteiger partial charge on any atom is -0.493 e. The summed E-state index contributed by atoms with van der Waals surface area (Å²) in [6.45, 7) is 3.52. The molecule has 96 valence electrons. The van der Waals surface area contributed by atoms with Crippen molar-refractivity contribution in [3.05, 3.63) is 23.4 Å². The predicted octanol–water partition coefficient (Wildman–Crippen LogP) is 2.71. The van der Waals surface area contributed by atoms with Crippen LogP contribution in [0.15, 0.2) is 12.1 Å². The van der Waals surface area contributed by atoms with Gasteiger partial charge in [0.1, 0.15) is 0 Å². The lowest BCUT2D eigenvalue weighted by molar-refractivity contribution is 0.101. The summed E-state index contributed by atoms with van der Waals surface area (Å²) in [4.78, 5) is 11.8. The average molecular weight is 247 g/mol. The van der Waals surface area contributed by atoms with E-state index in [0.717, 1.165) is 22.2 Å². The number of hydrogen-bond donors (Lipinski definition) is 0. The Balaban J connectivity index is 2.89. The van der Waals surface area contributed by atoms with Gasteiger partial charge in [-0.05, 0) is 19.9 Å². The van der Waals surface area contributed by atoms with Crippen LogP contribution in [0.5, 0.6) is 11.5 Å². The Hall–Kier alpha value is -1.97. The zero-order chi connectivity index (χ0) is 13.4. The van der Waals surface area contributed by atoms with Crippen LogP contribution in [0.4, 0.5) is 0 Å². The molecule has 0 fully saturated rings. The van der Waals surface area contributed by atoms with E-state index in [1.165, 1.54) is 0 Å². The number of ether oxygens (including phenoxy) is 2. The summed E-state index contributed by atoms with van der Waals surface area (Å²) >= 11 is 0. The Kier molecular flexibility index (Phi) is 3.03. The number of Topliss-reactive ketones (excluding diaryl/α,β-unsaturated/α-hetero) is 1. The normalized spacial score (nSPS) is 10.7. The third kappa shape index (κ3) is 1.65. The maximum Gasteiger partial charge on any atom is 0.162 e. The molecule has 0 aliphatic carbocycles. The highest BCUT2D eigenvalue weighted by molar-refractivity contribution is 6.09. The third-order valence-electron chi connectivity index (χ3n) is 3.35. The van der Waals surface area contributed by atoms with Crippen molar-refractivity contribution >= 4 is 16.7 Å². The first kappa shape index (κ1) is 12.5. The van der Waals surface area contributed by atoms with Crippen LogP contribution < -0.4 is 9.47 Å². The molecule has 0 saturated heterocycles. The molecule has 2 rings (SSSR count). The van der Waals surface area contributed by atoms with Gasteiger partial charge in [-0.2, -0.15) is 0 Å². The van der Waals surface area contributed by atoms with E-state index in [0.29, 0.717) is 11.5 Å². The molecular formula is C14H17NO3. The third-order valence-corrected chi connectivity index (χ3v) is 3.35. The first-order chi connectivity index (χ1) is 8.51. The standard InChI is InChI=1S/C14H17NO3/c1-8-14(9(2)16)10-6-12(17-4)13(18-5)7-11(10)15(8)3/h6-7H,1-5H3. The molecule has 0 atom stereocenters. The summed E-state index contributed by atoms with van der Waals surface area (Å²) in [6.07, 6.45) is 0. The van der Waals surface area contributed by atoms with Gasteiger partial charge in [0.05, 0.1) is 19.7 Å². The smallest absolute Gasteiger partial charge is 0.162 e. The molecule has 0 bridgehead atoms. The lowest BCUT2D eigenvalue weighted by Crippen LogP contribution is -1.96. The van der Waals surface area contributed by atoms with Gasteiger partial charge < -0.3 is 14.0 Å². The highest BCUT2D eigenvalue weighted by Gasteiger charge is 2.18. The Morgan fingerprint density at radius 3 is 2.22 bits per heavy atom. The molecule has 1 aromatic heterocycles. The summed E-state index contributed by atoms with van der Waals surface area (Å²) in [5.74, 6) is 1.36. The van der Waals surface area contributed by atoms with Crippen molar-refractivity contribution < 1.29 is 14.3 Å². The lowest BCUT2D eigenvalue weighted by atomic mass is 10.1. The summed E-state index contributed by atoms with van der Waals surface area (Å²) in [7, 11) is 5.13. The number of methoxy groups -OCH3 is 2. The van der Waals surface area contributed by atoms with Gasteiger partial charge in [0.2, 0.25) is 0 Å². The summed E-state index contributed by atoms with van der Waals surface area (Å²) in [5.41, 5.74) is 2.66. The van der Waals surface area contributed by atoms with Crippen LogP contribution in [0.3, 0.4) is 0 Å². The zero-order valence-corrected chi connectivity index (χ0v) is 11.3. The van der Waals surface area contributed by atoms with Gasteiger partial charge in [-0.25, -0.2) is 0 Å². The molecule has 2 aromatic rings. The second kappa shape index (κ2) is 4.37. The van der Waals surface area contributed by atoms with E-state index in [9.17, 15) is 4.79 Å². The molecule has 0 spiro atoms. The molecule has 4 nitrogen and oxygen atoms in total. The summed E-state index contributed by atoms with van der Waals surface area (Å²) in [5, 5.41) is 0.903. The minimum absolute atomic E-state index is 0.0605. The van der Waals surface area contributed by atoms with E-state index in [1.807, 2.05) is 30.7 Å². The summed E-state index contributed by atoms with van der Waals surface area (Å²) < 4.78 is 12.6. The van der Waals surface area contributed by atoms with Crippen LogP contribution >= 0.6 is 0 Å². The van der Waals surface area contributed by atoms with Gasteiger partial charge in [-0.15, -0.1) is 0 Å². The molecule has 1 aromatic carbocycles. The second-order valence-electron chi connectivity index (χ2n) is 4.30. The van der Waals surface area contributed by atoms with E-state index in [4.69, 9.17) is 9.47 Å². The highest BCUT2D eigenvalue weighted by Crippen LogP contribution is 2.35. The van der Waals surface area contributed by atoms with Crippen LogP contribution in [0.2, 0.25) is 0 Å². The first-order valence-corrected chi connectivity index (χ1v) is 5.73. The number of carbonyl (C=O) groups excluding carboxylic acids is 1. The topological polar surface area (TPSA) is 40.5 Å². The van der Waals surface area contributed by atoms with Crippen molar-refractivity contribution in [3.63, 3.8) is 0 Å². The van der Waals surface area contributed by atoms with Gasteiger partial charge in [0.25, 0.3) is 0 Å². The predicted molar refractivity (Wildman–Crippen MR) is 70.8 cm³/mol. The van der Waals surface area contributed by atoms with E-state index in [2.05, 4.69) is 0 Å². The molecule has 0 aliphatic rings. The highest BCUT2D eigenvalue weighted by atomic mass is 16.5. The molecule has 1 heterocycles. The zero-order valence-electron chi connectivity index (χ0n) is 11.3. The maximum absolute atomic E-state index is 11.8. The Morgan fingerprint density at radius 2 is 1.72 bits per heavy atom. The van der Waals surface area contributed by atoms with Gasteiger partial charge in [0, 0.05) is 29.8 Å². The van der Waals surface area contributed by atoms with E-state index in [1.54, 1.807) is 21.1 Å². The van der Waals surface area contributed by atoms with Crippen LogP contribution in [-0.4, -0.2) is 24.6 Å². The Bertz CT molecular complexity index is 626. The van der Waals surface area contributed by atoms with Crippen LogP contribution in [0.1, 0.15) is 23.0 Å². The van der Waals surface area contributed by atoms with Crippen molar-refractivity contribution in [1.29, 1.82) is 0 Å². The number of fused-ring (bicyclic) bond motifs is 1. The van der Waals surface area contributed by atoms with E-state index in [-0.39, 0.29) is 5.78 Å². The number of carbonyl (C=O) groups is 1. The fourth-order valence-electron chi connectivity index (χ4n) is 2.33. The molecule has 0 amide bonds. The second-order valence-corrected chi connectivity index (χ2v) is 4.30. The van der Waals surface area contributed by atoms with Crippen molar-refractivity contribution in [2.24, 2.45) is 7.05 Å². The lowest BCUT2D eigenvalue weighted by Gasteiger charge is -2.08. The van der Waals surface area contributed by atoms with Crippen LogP contribution in [0.25, 0.3) is 10.9 Å². The first-order valence-electron chi connectivity index (χ1n) is 5.73. The number of rotatable bonds is 3. The average Bonchev–Trinajstić information content (AvgIpc) is 2.60. The van der Waals surface area contributed by atoms with Gasteiger partial charge in [-0.3, -0.25) is 4.79 Å². The van der Waals surface area contributed by atoms with Crippen molar-refractivity contribution in [2.45, 2.75) is 13.8 Å². The minimum atomic E-state index is 0.0605. The van der Waals surface area contributed by atoms with Crippen molar-refractivity contribution in [2.75, 3.05) is 14.2 Å². The number of hydrogen-bond acceptors (Lipinski definition) is 3. The van der Waals surface area contributed by atoms with Crippen LogP contribution in [0, 0.1) is 6.92 Å². The van der Waals surface area contributed by atoms with E-state index >= 15 is 0 Å². The monoisotopic (exact) mass is 247 g/mol. The van der Waals surface area contributed by atoms with Gasteiger partial charge in [-0.1, -0.05) is 0 Å². The van der Waals surface area contributed by atoms with Crippen molar-refractivity contribution in [3.8, 4) is 11.5 Å². The number of ketones is 1. The molecule has 18 heavy (non-hydrogen) atoms. The SMILES string of the molecule is COc1cc2c(C(C)=O)c(C)n(C)c2cc1OC. The largest absolute Gasteiger partial charge is 0.493 e. The molecule has 0 unspecified atom stereocenters. The van der Waals surface area contributed by atoms with Crippen LogP contribution in [-0.2, 0) is 7.05 Å². The molecule has 0 aliphatic heterocycles. The quantitative estimate of drug-likeness (QED) is 0.783. The summed E-state index contributed by atoms with van der Waals surface area (Å²) in [6, 6.07) is 3.76. The Labute approximate surface area is 106 Å². The number of benzene rings is 1. The number of aryl methyl sites for hydroxylation is 1. The number of nitrogens with zero attached hydrogens (tertiary/aromatic N) is 1. The fraction of sp³-hybridized carbons (Fsp3) is 0.357. The molecular weight excluding hydrogens is 230 g/mol. The number of aromatic nitrogens is 1. The van der Waals surface area contributed by atoms with Gasteiger partial charge in [0.15, 0.2) is 17.3 Å². The molecule has 0 N–H and O–H groups in total. The molecule has 4 heteroatoms. The fourth-order valence-corrected chi connectivity index (χ4v) is 2.33.